The van der Waals surface area contributed by atoms with Gasteiger partial charge in [0.1, 0.15) is 4.99 Å². The van der Waals surface area contributed by atoms with Crippen LogP contribution in [0.2, 0.25) is 5.02 Å². The normalized spacial score (nSPS) is 11.3. The third-order valence-corrected chi connectivity index (χ3v) is 3.70. The van der Waals surface area contributed by atoms with E-state index in [1.165, 1.54) is 0 Å². The van der Waals surface area contributed by atoms with Gasteiger partial charge in [-0.3, -0.25) is 0 Å². The molecule has 1 aromatic carbocycles. The molecule has 2 nitrogen and oxygen atoms in total. The van der Waals surface area contributed by atoms with Crippen molar-refractivity contribution in [2.45, 2.75) is 39.2 Å². The van der Waals surface area contributed by atoms with Crippen LogP contribution < -0.4 is 11.1 Å². The van der Waals surface area contributed by atoms with E-state index in [9.17, 15) is 0 Å². The van der Waals surface area contributed by atoms with Crippen LogP contribution in [-0.4, -0.2) is 10.5 Å². The number of nitrogens with two attached hydrogens (primary N) is 1. The van der Waals surface area contributed by atoms with E-state index in [1.807, 2.05) is 12.1 Å². The summed E-state index contributed by atoms with van der Waals surface area (Å²) >= 11 is 11.0. The third-order valence-electron chi connectivity index (χ3n) is 3.24. The van der Waals surface area contributed by atoms with Crippen molar-refractivity contribution in [2.24, 2.45) is 5.73 Å². The molecule has 4 heteroatoms. The van der Waals surface area contributed by atoms with E-state index in [1.54, 1.807) is 6.07 Å². The molecule has 94 valence electrons. The van der Waals surface area contributed by atoms with Crippen LogP contribution in [0.4, 0.5) is 5.69 Å². The van der Waals surface area contributed by atoms with Crippen molar-refractivity contribution >= 4 is 34.5 Å². The minimum Gasteiger partial charge on any atom is -0.389 e. The predicted octanol–water partition coefficient (Wildman–Crippen LogP) is 3.96. The number of halogens is 1. The van der Waals surface area contributed by atoms with Crippen molar-refractivity contribution in [1.82, 2.24) is 0 Å². The molecule has 0 atom stereocenters. The molecule has 17 heavy (non-hydrogen) atoms. The molecule has 0 fully saturated rings. The lowest BCUT2D eigenvalue weighted by atomic mass is 9.94. The van der Waals surface area contributed by atoms with Gasteiger partial charge in [-0.1, -0.05) is 37.7 Å². The first-order valence-electron chi connectivity index (χ1n) is 5.79. The van der Waals surface area contributed by atoms with Gasteiger partial charge in [0.25, 0.3) is 0 Å². The van der Waals surface area contributed by atoms with Gasteiger partial charge >= 0.3 is 0 Å². The zero-order chi connectivity index (χ0) is 13.1. The Morgan fingerprint density at radius 2 is 2.00 bits per heavy atom. The Labute approximate surface area is 114 Å². The van der Waals surface area contributed by atoms with Gasteiger partial charge in [0, 0.05) is 21.8 Å². The third kappa shape index (κ3) is 3.58. The van der Waals surface area contributed by atoms with Gasteiger partial charge in [-0.25, -0.2) is 0 Å². The molecule has 1 rings (SSSR count). The van der Waals surface area contributed by atoms with Gasteiger partial charge in [-0.15, -0.1) is 0 Å². The molecule has 0 amide bonds. The van der Waals surface area contributed by atoms with E-state index in [0.717, 1.165) is 24.1 Å². The van der Waals surface area contributed by atoms with Crippen molar-refractivity contribution in [1.29, 1.82) is 0 Å². The molecule has 0 saturated heterocycles. The van der Waals surface area contributed by atoms with E-state index in [0.29, 0.717) is 10.0 Å². The maximum absolute atomic E-state index is 5.96. The monoisotopic (exact) mass is 270 g/mol. The average molecular weight is 271 g/mol. The standard InChI is InChI=1S/C13H19ClN2S/c1-4-13(3,5-2)16-11-7-6-9(14)8-10(11)12(15)17/h6-8,16H,4-5H2,1-3H3,(H2,15,17). The number of thiocarbonyl (C=S) groups is 1. The van der Waals surface area contributed by atoms with E-state index >= 15 is 0 Å². The van der Waals surface area contributed by atoms with E-state index < -0.39 is 0 Å². The van der Waals surface area contributed by atoms with Crippen LogP contribution in [0.1, 0.15) is 39.2 Å². The second kappa shape index (κ2) is 5.69. The van der Waals surface area contributed by atoms with Crippen molar-refractivity contribution in [3.8, 4) is 0 Å². The second-order valence-corrected chi connectivity index (χ2v) is 5.32. The second-order valence-electron chi connectivity index (χ2n) is 4.45. The Bertz CT molecular complexity index is 414. The van der Waals surface area contributed by atoms with Gasteiger partial charge < -0.3 is 11.1 Å². The van der Waals surface area contributed by atoms with Crippen LogP contribution >= 0.6 is 23.8 Å². The smallest absolute Gasteiger partial charge is 0.106 e. The van der Waals surface area contributed by atoms with Crippen LogP contribution in [0.25, 0.3) is 0 Å². The molecule has 0 aromatic heterocycles. The lowest BCUT2D eigenvalue weighted by Gasteiger charge is -2.30. The van der Waals surface area contributed by atoms with Gasteiger partial charge in [-0.05, 0) is 38.0 Å². The van der Waals surface area contributed by atoms with Crippen LogP contribution in [0.3, 0.4) is 0 Å². The first-order chi connectivity index (χ1) is 7.91. The maximum atomic E-state index is 5.96. The number of rotatable bonds is 5. The molecule has 3 N–H and O–H groups in total. The Morgan fingerprint density at radius 1 is 1.41 bits per heavy atom. The molecular formula is C13H19ClN2S. The summed E-state index contributed by atoms with van der Waals surface area (Å²) in [5.74, 6) is 0. The highest BCUT2D eigenvalue weighted by atomic mass is 35.5. The van der Waals surface area contributed by atoms with Crippen molar-refractivity contribution < 1.29 is 0 Å². The lowest BCUT2D eigenvalue weighted by Crippen LogP contribution is -2.34. The first-order valence-corrected chi connectivity index (χ1v) is 6.58. The van der Waals surface area contributed by atoms with Gasteiger partial charge in [-0.2, -0.15) is 0 Å². The summed E-state index contributed by atoms with van der Waals surface area (Å²) in [7, 11) is 0. The molecular weight excluding hydrogens is 252 g/mol. The quantitative estimate of drug-likeness (QED) is 0.796. The molecule has 0 aliphatic carbocycles. The number of benzene rings is 1. The zero-order valence-electron chi connectivity index (χ0n) is 10.5. The average Bonchev–Trinajstić information content (AvgIpc) is 2.31. The molecule has 0 heterocycles. The summed E-state index contributed by atoms with van der Waals surface area (Å²) in [5, 5.41) is 4.15. The highest BCUT2D eigenvalue weighted by Crippen LogP contribution is 2.26. The zero-order valence-corrected chi connectivity index (χ0v) is 12.1. The summed E-state index contributed by atoms with van der Waals surface area (Å²) < 4.78 is 0. The van der Waals surface area contributed by atoms with Crippen molar-refractivity contribution in [3.63, 3.8) is 0 Å². The number of hydrogen-bond acceptors (Lipinski definition) is 2. The van der Waals surface area contributed by atoms with Crippen molar-refractivity contribution in [2.75, 3.05) is 5.32 Å². The maximum Gasteiger partial charge on any atom is 0.106 e. The summed E-state index contributed by atoms with van der Waals surface area (Å²) in [6, 6.07) is 5.58. The number of hydrogen-bond donors (Lipinski definition) is 2. The largest absolute Gasteiger partial charge is 0.389 e. The molecule has 0 spiro atoms. The van der Waals surface area contributed by atoms with Gasteiger partial charge in [0.05, 0.1) is 0 Å². The summed E-state index contributed by atoms with van der Waals surface area (Å²) in [4.78, 5) is 0.365. The molecule has 0 unspecified atom stereocenters. The Balaban J connectivity index is 3.10. The summed E-state index contributed by atoms with van der Waals surface area (Å²) in [6.45, 7) is 6.50. The van der Waals surface area contributed by atoms with Crippen LogP contribution in [-0.2, 0) is 0 Å². The van der Waals surface area contributed by atoms with E-state index in [2.05, 4.69) is 26.1 Å². The summed E-state index contributed by atoms with van der Waals surface area (Å²) in [5.41, 5.74) is 7.53. The minimum absolute atomic E-state index is 0.0490. The predicted molar refractivity (Wildman–Crippen MR) is 79.9 cm³/mol. The Hall–Kier alpha value is -0.800. The Morgan fingerprint density at radius 3 is 2.47 bits per heavy atom. The van der Waals surface area contributed by atoms with Gasteiger partial charge in [0.2, 0.25) is 0 Å². The molecule has 0 bridgehead atoms. The highest BCUT2D eigenvalue weighted by molar-refractivity contribution is 7.80. The lowest BCUT2D eigenvalue weighted by molar-refractivity contribution is 0.478. The van der Waals surface area contributed by atoms with Gasteiger partial charge in [0.15, 0.2) is 0 Å². The fourth-order valence-corrected chi connectivity index (χ4v) is 1.92. The number of anilines is 1. The van der Waals surface area contributed by atoms with Crippen LogP contribution in [0.5, 0.6) is 0 Å². The molecule has 0 saturated carbocycles. The fraction of sp³-hybridized carbons (Fsp3) is 0.462. The SMILES string of the molecule is CCC(C)(CC)Nc1ccc(Cl)cc1C(N)=S. The number of nitrogens with one attached hydrogen (secondary N) is 1. The van der Waals surface area contributed by atoms with E-state index in [4.69, 9.17) is 29.6 Å². The summed E-state index contributed by atoms with van der Waals surface area (Å²) in [6.07, 6.45) is 2.06. The van der Waals surface area contributed by atoms with Crippen molar-refractivity contribution in [3.05, 3.63) is 28.8 Å². The fourth-order valence-electron chi connectivity index (χ4n) is 1.58. The van der Waals surface area contributed by atoms with Crippen LogP contribution in [0, 0.1) is 0 Å². The molecule has 0 aliphatic heterocycles. The molecule has 0 radical (unpaired) electrons. The Kier molecular flexibility index (Phi) is 4.78. The molecule has 1 aromatic rings. The van der Waals surface area contributed by atoms with E-state index in [-0.39, 0.29) is 5.54 Å². The molecule has 0 aliphatic rings. The first kappa shape index (κ1) is 14.3. The highest BCUT2D eigenvalue weighted by Gasteiger charge is 2.20. The van der Waals surface area contributed by atoms with Crippen LogP contribution in [0.15, 0.2) is 18.2 Å². The minimum atomic E-state index is 0.0490. The topological polar surface area (TPSA) is 38.0 Å².